The molecule has 0 bridgehead atoms. The standard InChI is InChI=1S/C36H42FN5O5/c1-35(2,3)46-32(43)19-23-8-14-28-29-15-11-25(38-34(44)47-36(4,5)6)20-31(29)41(7)33(30(28)18-23)24-9-12-27(13-10-24)45-22-26-21-42(17-16-37)40-39-26/h8-15,18,20-21,33H,16-17,19,22H2,1-7H3,(H,38,44)/i37-1. The Morgan fingerprint density at radius 2 is 1.62 bits per heavy atom. The van der Waals surface area contributed by atoms with Gasteiger partial charge in [0.05, 0.1) is 25.2 Å². The summed E-state index contributed by atoms with van der Waals surface area (Å²) in [6.07, 6.45) is 1.29. The number of anilines is 2. The van der Waals surface area contributed by atoms with Crippen molar-refractivity contribution >= 4 is 23.4 Å². The summed E-state index contributed by atoms with van der Waals surface area (Å²) in [5, 5.41) is 10.8. The topological polar surface area (TPSA) is 108 Å². The molecule has 1 aromatic heterocycles. The van der Waals surface area contributed by atoms with E-state index in [1.807, 2.05) is 103 Å². The zero-order chi connectivity index (χ0) is 33.9. The van der Waals surface area contributed by atoms with E-state index >= 15 is 0 Å². The van der Waals surface area contributed by atoms with Gasteiger partial charge in [-0.1, -0.05) is 41.6 Å². The number of hydrogen-bond acceptors (Lipinski definition) is 8. The summed E-state index contributed by atoms with van der Waals surface area (Å²) in [6, 6.07) is 19.5. The van der Waals surface area contributed by atoms with Crippen LogP contribution in [0.2, 0.25) is 0 Å². The van der Waals surface area contributed by atoms with Gasteiger partial charge >= 0.3 is 12.1 Å². The maximum atomic E-state index is 12.7. The molecule has 1 N–H and O–H groups in total. The molecular formula is C36H42FN5O5. The van der Waals surface area contributed by atoms with Gasteiger partial charge in [0.1, 0.15) is 35.9 Å². The molecule has 10 nitrogen and oxygen atoms in total. The number of esters is 1. The van der Waals surface area contributed by atoms with E-state index in [0.29, 0.717) is 17.1 Å². The fourth-order valence-electron chi connectivity index (χ4n) is 5.54. The van der Waals surface area contributed by atoms with Crippen LogP contribution in [0.3, 0.4) is 0 Å². The first-order valence-corrected chi connectivity index (χ1v) is 15.6. The Morgan fingerprint density at radius 1 is 0.915 bits per heavy atom. The van der Waals surface area contributed by atoms with Gasteiger partial charge in [0.25, 0.3) is 0 Å². The van der Waals surface area contributed by atoms with Crippen LogP contribution in [0.25, 0.3) is 11.1 Å². The first kappa shape index (κ1) is 33.4. The van der Waals surface area contributed by atoms with Crippen molar-refractivity contribution in [2.45, 2.75) is 78.4 Å². The number of nitrogens with one attached hydrogen (secondary N) is 1. The molecule has 0 spiro atoms. The SMILES string of the molecule is CN1c2cc(NC(=O)OC(C)(C)C)ccc2-c2ccc(CC(=O)OC(C)(C)C)cc2C1c1ccc(OCc2cn(CC[18F])nn2)cc1. The lowest BCUT2D eigenvalue weighted by Crippen LogP contribution is -2.30. The largest absolute Gasteiger partial charge is 0.487 e. The van der Waals surface area contributed by atoms with Gasteiger partial charge in [0.2, 0.25) is 0 Å². The van der Waals surface area contributed by atoms with Crippen LogP contribution in [0.4, 0.5) is 20.6 Å². The van der Waals surface area contributed by atoms with E-state index in [-0.39, 0.29) is 31.6 Å². The molecule has 0 aliphatic carbocycles. The first-order chi connectivity index (χ1) is 22.2. The highest BCUT2D eigenvalue weighted by atomic mass is 18.2. The second-order valence-electron chi connectivity index (χ2n) is 13.6. The van der Waals surface area contributed by atoms with Crippen molar-refractivity contribution in [3.63, 3.8) is 0 Å². The summed E-state index contributed by atoms with van der Waals surface area (Å²) >= 11 is 0. The van der Waals surface area contributed by atoms with E-state index in [0.717, 1.165) is 33.5 Å². The Labute approximate surface area is 274 Å². The molecule has 4 aromatic rings. The van der Waals surface area contributed by atoms with E-state index in [1.165, 1.54) is 4.68 Å². The highest BCUT2D eigenvalue weighted by molar-refractivity contribution is 5.91. The van der Waals surface area contributed by atoms with Crippen LogP contribution in [0, 0.1) is 0 Å². The van der Waals surface area contributed by atoms with Gasteiger partial charge in [0.15, 0.2) is 0 Å². The van der Waals surface area contributed by atoms with Gasteiger partial charge in [0, 0.05) is 24.0 Å². The number of halogens is 1. The van der Waals surface area contributed by atoms with Crippen molar-refractivity contribution < 1.29 is 28.2 Å². The monoisotopic (exact) mass is 642 g/mol. The number of rotatable bonds is 9. The van der Waals surface area contributed by atoms with Crippen molar-refractivity contribution in [3.05, 3.63) is 89.2 Å². The smallest absolute Gasteiger partial charge is 0.412 e. The lowest BCUT2D eigenvalue weighted by Gasteiger charge is -2.38. The van der Waals surface area contributed by atoms with E-state index in [9.17, 15) is 14.0 Å². The average Bonchev–Trinajstić information content (AvgIpc) is 3.42. The minimum absolute atomic E-state index is 0.148. The molecule has 1 unspecified atom stereocenters. The number of aromatic nitrogens is 3. The Kier molecular flexibility index (Phi) is 9.55. The molecule has 47 heavy (non-hydrogen) atoms. The molecule has 1 amide bonds. The van der Waals surface area contributed by atoms with Crippen molar-refractivity contribution in [1.29, 1.82) is 0 Å². The van der Waals surface area contributed by atoms with Crippen molar-refractivity contribution in [2.75, 3.05) is 23.9 Å². The molecule has 0 fully saturated rings. The van der Waals surface area contributed by atoms with Crippen LogP contribution in [-0.4, -0.2) is 52.0 Å². The van der Waals surface area contributed by atoms with Crippen molar-refractivity contribution in [3.8, 4) is 16.9 Å². The van der Waals surface area contributed by atoms with Gasteiger partial charge < -0.3 is 19.1 Å². The maximum absolute atomic E-state index is 12.7. The van der Waals surface area contributed by atoms with Gasteiger partial charge in [-0.2, -0.15) is 0 Å². The fourth-order valence-corrected chi connectivity index (χ4v) is 5.54. The van der Waals surface area contributed by atoms with Crippen molar-refractivity contribution in [2.24, 2.45) is 0 Å². The number of ether oxygens (including phenoxy) is 3. The average molecular weight is 643 g/mol. The molecule has 3 aromatic carbocycles. The molecule has 1 atom stereocenters. The third kappa shape index (κ3) is 8.46. The normalized spacial score (nSPS) is 14.2. The highest BCUT2D eigenvalue weighted by Gasteiger charge is 2.31. The number of benzene rings is 3. The summed E-state index contributed by atoms with van der Waals surface area (Å²) in [7, 11) is 2.01. The minimum atomic E-state index is -0.625. The third-order valence-electron chi connectivity index (χ3n) is 7.36. The Hall–Kier alpha value is -4.93. The Balaban J connectivity index is 1.46. The molecule has 0 saturated carbocycles. The molecule has 11 heteroatoms. The van der Waals surface area contributed by atoms with E-state index < -0.39 is 24.0 Å². The summed E-state index contributed by atoms with van der Waals surface area (Å²) in [6.45, 7) is 10.9. The predicted octanol–water partition coefficient (Wildman–Crippen LogP) is 7.26. The highest BCUT2D eigenvalue weighted by Crippen LogP contribution is 2.48. The molecule has 2 heterocycles. The quantitative estimate of drug-likeness (QED) is 0.190. The zero-order valence-corrected chi connectivity index (χ0v) is 28.0. The number of aryl methyl sites for hydroxylation is 1. The number of amides is 1. The molecule has 1 aliphatic rings. The molecule has 5 rings (SSSR count). The van der Waals surface area contributed by atoms with Crippen LogP contribution in [-0.2, 0) is 33.8 Å². The van der Waals surface area contributed by atoms with E-state index in [1.54, 1.807) is 6.20 Å². The van der Waals surface area contributed by atoms with Gasteiger partial charge in [-0.05, 0) is 88.1 Å². The van der Waals surface area contributed by atoms with Crippen molar-refractivity contribution in [1.82, 2.24) is 15.0 Å². The number of alkyl halides is 1. The van der Waals surface area contributed by atoms with Crippen LogP contribution in [0.1, 0.15) is 70.0 Å². The summed E-state index contributed by atoms with van der Waals surface area (Å²) < 4.78 is 31.1. The Morgan fingerprint density at radius 3 is 2.30 bits per heavy atom. The third-order valence-corrected chi connectivity index (χ3v) is 7.36. The molecule has 0 radical (unpaired) electrons. The fraction of sp³-hybridized carbons (Fsp3) is 0.389. The van der Waals surface area contributed by atoms with Crippen LogP contribution in [0.5, 0.6) is 5.75 Å². The second kappa shape index (κ2) is 13.4. The lowest BCUT2D eigenvalue weighted by atomic mass is 9.84. The molecular weight excluding hydrogens is 600 g/mol. The van der Waals surface area contributed by atoms with E-state index in [4.69, 9.17) is 14.2 Å². The molecule has 248 valence electrons. The van der Waals surface area contributed by atoms with Crippen LogP contribution >= 0.6 is 0 Å². The van der Waals surface area contributed by atoms with Crippen LogP contribution in [0.15, 0.2) is 66.9 Å². The number of carbonyl (C=O) groups is 2. The number of carbonyl (C=O) groups excluding carboxylic acids is 2. The summed E-state index contributed by atoms with van der Waals surface area (Å²) in [4.78, 5) is 27.5. The molecule has 1 aliphatic heterocycles. The summed E-state index contributed by atoms with van der Waals surface area (Å²) in [5.41, 5.74) is 5.85. The lowest BCUT2D eigenvalue weighted by molar-refractivity contribution is -0.153. The van der Waals surface area contributed by atoms with Crippen LogP contribution < -0.4 is 15.0 Å². The van der Waals surface area contributed by atoms with Gasteiger partial charge in [-0.25, -0.2) is 13.9 Å². The molecule has 0 saturated heterocycles. The van der Waals surface area contributed by atoms with Gasteiger partial charge in [-0.15, -0.1) is 5.10 Å². The summed E-state index contributed by atoms with van der Waals surface area (Å²) in [5.74, 6) is 0.359. The number of nitrogens with zero attached hydrogens (tertiary/aromatic N) is 4. The maximum Gasteiger partial charge on any atom is 0.412 e. The number of fused-ring (bicyclic) bond motifs is 3. The number of hydrogen-bond donors (Lipinski definition) is 1. The van der Waals surface area contributed by atoms with E-state index in [2.05, 4.69) is 26.6 Å². The zero-order valence-electron chi connectivity index (χ0n) is 28.0. The second-order valence-corrected chi connectivity index (χ2v) is 13.6. The minimum Gasteiger partial charge on any atom is -0.487 e. The first-order valence-electron chi connectivity index (χ1n) is 15.6. The van der Waals surface area contributed by atoms with Gasteiger partial charge in [-0.3, -0.25) is 10.1 Å². The predicted molar refractivity (Wildman–Crippen MR) is 178 cm³/mol. The Bertz CT molecular complexity index is 1740.